The summed E-state index contributed by atoms with van der Waals surface area (Å²) in [6.45, 7) is 2.67. The topological polar surface area (TPSA) is 618 Å². The van der Waals surface area contributed by atoms with E-state index in [9.17, 15) is 92.0 Å². The minimum Gasteiger partial charge on any atom is -0.491 e. The second-order valence-electron chi connectivity index (χ2n) is 22.3. The van der Waals surface area contributed by atoms with E-state index in [1.54, 1.807) is 0 Å². The molecule has 2 aromatic carbocycles. The quantitative estimate of drug-likeness (QED) is 0.00578. The van der Waals surface area contributed by atoms with Gasteiger partial charge in [0.25, 0.3) is 23.6 Å². The number of fused-ring (bicyclic) bond motifs is 1. The van der Waals surface area contributed by atoms with Crippen molar-refractivity contribution in [2.24, 2.45) is 10.5 Å². The molecule has 0 bridgehead atoms. The van der Waals surface area contributed by atoms with Crippen LogP contribution in [-0.4, -0.2) is 215 Å². The lowest BCUT2D eigenvalue weighted by Gasteiger charge is -2.25. The largest absolute Gasteiger partial charge is 0.491 e. The zero-order chi connectivity index (χ0) is 75.2. The van der Waals surface area contributed by atoms with Crippen LogP contribution in [0.1, 0.15) is 113 Å². The third-order valence-electron chi connectivity index (χ3n) is 13.5. The maximum absolute atomic E-state index is 13.6. The Bertz CT molecular complexity index is 4050. The van der Waals surface area contributed by atoms with Gasteiger partial charge in [-0.2, -0.15) is 8.62 Å². The number of aliphatic carboxylic acids is 4. The van der Waals surface area contributed by atoms with Crippen molar-refractivity contribution in [2.45, 2.75) is 96.5 Å². The molecule has 4 aromatic rings. The average Bonchev–Trinajstić information content (AvgIpc) is 1.63. The molecule has 45 heteroatoms. The molecule has 1 aliphatic rings. The SMILES string of the molecule is CC(=O)Nc1ncnc2c1c(C#CCNC(=O)COCCOC(COc1cccc(C(=O)NCCNC(=O)c3cc(C(=O)N[C@@H](CCC(=O)O)C(=O)O)cc(C(=O)N(C)[C@@H](CCC(=O)O)C(=O)O)c3)c1)N=[N+]=[N-])cn2[C@H]1C[C@H](OC(=O)C(C)(C)C)[C@@H](COP(=O)(O)OP(=O)(O)OP(=O)(O)O)O1. The number of aromatic nitrogens is 3. The number of hydrogen-bond acceptors (Lipinski definition) is 25. The number of azide groups is 1. The molecule has 0 saturated carbocycles. The minimum absolute atomic E-state index is 0.0156. The van der Waals surface area contributed by atoms with Crippen LogP contribution in [0.4, 0.5) is 5.82 Å². The minimum atomic E-state index is -5.90. The van der Waals surface area contributed by atoms with Crippen LogP contribution in [0.2, 0.25) is 0 Å². The molecule has 1 aliphatic heterocycles. The highest BCUT2D eigenvalue weighted by Gasteiger charge is 2.46. The Morgan fingerprint density at radius 1 is 0.822 bits per heavy atom. The molecule has 0 radical (unpaired) electrons. The van der Waals surface area contributed by atoms with Crippen molar-refractivity contribution in [1.29, 1.82) is 0 Å². The fourth-order valence-corrected chi connectivity index (χ4v) is 11.9. The van der Waals surface area contributed by atoms with E-state index in [1.807, 2.05) is 0 Å². The van der Waals surface area contributed by atoms with Gasteiger partial charge in [-0.15, -0.1) is 0 Å². The van der Waals surface area contributed by atoms with E-state index < -0.39 is 181 Å². The number of carbonyl (C=O) groups excluding carboxylic acids is 7. The number of carbonyl (C=O) groups is 11. The fraction of sp³-hybridized carbons (Fsp3) is 0.446. The van der Waals surface area contributed by atoms with E-state index in [2.05, 4.69) is 67.0 Å². The molecule has 101 heavy (non-hydrogen) atoms. The maximum Gasteiger partial charge on any atom is 0.490 e. The zero-order valence-corrected chi connectivity index (χ0v) is 56.6. The fourth-order valence-electron chi connectivity index (χ4n) is 8.82. The van der Waals surface area contributed by atoms with Crippen LogP contribution < -0.4 is 31.3 Å². The molecule has 0 spiro atoms. The Hall–Kier alpha value is -9.81. The summed E-state index contributed by atoms with van der Waals surface area (Å²) in [4.78, 5) is 187. The number of phosphoric ester groups is 1. The van der Waals surface area contributed by atoms with Gasteiger partial charge in [0.05, 0.1) is 42.7 Å². The lowest BCUT2D eigenvalue weighted by molar-refractivity contribution is -0.162. The summed E-state index contributed by atoms with van der Waals surface area (Å²) in [6.07, 6.45) is -5.23. The molecule has 1 saturated heterocycles. The van der Waals surface area contributed by atoms with Crippen molar-refractivity contribution in [3.05, 3.63) is 93.2 Å². The molecule has 3 unspecified atom stereocenters. The normalized spacial score (nSPS) is 16.3. The predicted molar refractivity (Wildman–Crippen MR) is 338 cm³/mol. The van der Waals surface area contributed by atoms with E-state index in [1.165, 1.54) is 62.7 Å². The van der Waals surface area contributed by atoms with Gasteiger partial charge in [-0.05, 0) is 75.5 Å². The molecule has 2 aromatic heterocycles. The van der Waals surface area contributed by atoms with Gasteiger partial charge in [0.15, 0.2) is 6.23 Å². The molecule has 13 N–H and O–H groups in total. The first-order valence-corrected chi connectivity index (χ1v) is 34.0. The molecule has 5 rings (SSSR count). The van der Waals surface area contributed by atoms with Gasteiger partial charge in [-0.1, -0.05) is 23.0 Å². The molecular weight excluding hydrogens is 1410 g/mol. The Labute approximate surface area is 570 Å². The summed E-state index contributed by atoms with van der Waals surface area (Å²) in [6, 6.07) is 5.08. The Kier molecular flexibility index (Phi) is 30.0. The first-order valence-electron chi connectivity index (χ1n) is 29.5. The number of rotatable bonds is 38. The van der Waals surface area contributed by atoms with E-state index in [0.717, 1.165) is 31.6 Å². The highest BCUT2D eigenvalue weighted by molar-refractivity contribution is 7.66. The van der Waals surface area contributed by atoms with E-state index >= 15 is 0 Å². The van der Waals surface area contributed by atoms with Crippen LogP contribution in [0.3, 0.4) is 0 Å². The number of ether oxygens (including phenoxy) is 5. The molecule has 42 nitrogen and oxygen atoms in total. The van der Waals surface area contributed by atoms with Crippen molar-refractivity contribution in [1.82, 2.24) is 40.7 Å². The van der Waals surface area contributed by atoms with Crippen molar-refractivity contribution < 1.29 is 143 Å². The van der Waals surface area contributed by atoms with Gasteiger partial charge in [0, 0.05) is 79.7 Å². The van der Waals surface area contributed by atoms with E-state index in [4.69, 9.17) is 48.2 Å². The molecule has 8 atom stereocenters. The average molecular weight is 1480 g/mol. The predicted octanol–water partition coefficient (Wildman–Crippen LogP) is 1.79. The van der Waals surface area contributed by atoms with Crippen molar-refractivity contribution in [3.63, 3.8) is 0 Å². The number of nitrogens with one attached hydrogen (secondary N) is 5. The summed E-state index contributed by atoms with van der Waals surface area (Å²) in [5.74, 6) is -6.04. The second kappa shape index (κ2) is 37.0. The monoisotopic (exact) mass is 1480 g/mol. The number of likely N-dealkylation sites (N-methyl/N-ethyl adjacent to an activating group) is 1. The number of esters is 1. The van der Waals surface area contributed by atoms with Gasteiger partial charge in [0.1, 0.15) is 67.3 Å². The van der Waals surface area contributed by atoms with E-state index in [-0.39, 0.29) is 85.2 Å². The smallest absolute Gasteiger partial charge is 0.490 e. The summed E-state index contributed by atoms with van der Waals surface area (Å²) < 4.78 is 77.9. The van der Waals surface area contributed by atoms with Crippen molar-refractivity contribution >= 4 is 106 Å². The first kappa shape index (κ1) is 81.9. The molecule has 0 aliphatic carbocycles. The Balaban J connectivity index is 1.14. The van der Waals surface area contributed by atoms with Gasteiger partial charge >= 0.3 is 53.3 Å². The zero-order valence-electron chi connectivity index (χ0n) is 53.9. The number of amides is 6. The number of phosphoric acid groups is 3. The number of anilines is 1. The Morgan fingerprint density at radius 3 is 2.08 bits per heavy atom. The van der Waals surface area contributed by atoms with Crippen LogP contribution in [-0.2, 0) is 79.3 Å². The molecule has 1 fully saturated rings. The number of hydrogen-bond donors (Lipinski definition) is 13. The highest BCUT2D eigenvalue weighted by Crippen LogP contribution is 2.66. The van der Waals surface area contributed by atoms with E-state index in [0.29, 0.717) is 4.90 Å². The van der Waals surface area contributed by atoms with Crippen LogP contribution >= 0.6 is 23.5 Å². The van der Waals surface area contributed by atoms with Crippen molar-refractivity contribution in [2.75, 3.05) is 65.0 Å². The summed E-state index contributed by atoms with van der Waals surface area (Å²) in [5, 5.41) is 53.5. The summed E-state index contributed by atoms with van der Waals surface area (Å²) in [5.41, 5.74) is 7.08. The molecular formula is C56H69N12O30P3. The molecule has 548 valence electrons. The van der Waals surface area contributed by atoms with Gasteiger partial charge in [-0.3, -0.25) is 47.7 Å². The number of nitrogens with zero attached hydrogens (tertiary/aromatic N) is 7. The standard InChI is InChI=1S/C56H69N12O30P3/c1-30(69)63-47-46-32(25-68(48(46)62-29-61-47)43-24-39(96-55(83)56(2,3)4)40(95-43)26-94-100(87,88)98-101(89,90)97-99(84,85)86)9-7-15-58-41(70)27-91-18-19-92-42(65-66-57)28-93-36-10-6-8-31(23-36)49(75)59-16-17-60-50(76)33-20-34(51(77)64-37(53(79)80)11-13-44(71)72)22-35(21-33)52(78)67(5)38(54(81)82)12-14-45(73)74/h6,8,10,20-23,25,29,37-40,42-43H,11-19,24,26-28H2,1-5H3,(H,58,70)(H,59,75)(H,60,76)(H,64,77)(H,71,72)(H,73,74)(H,79,80)(H,81,82)(H,87,88)(H,89,90)(H2,84,85,86)(H,61,62,63,69)/t37-,38-,39-,40+,42?,43+/m0/s1. The third-order valence-corrected chi connectivity index (χ3v) is 17.3. The second-order valence-corrected chi connectivity index (χ2v) is 26.7. The van der Waals surface area contributed by atoms with Crippen LogP contribution in [0, 0.1) is 17.3 Å². The van der Waals surface area contributed by atoms with Gasteiger partial charge < -0.3 is 99.7 Å². The van der Waals surface area contributed by atoms with Crippen molar-refractivity contribution in [3.8, 4) is 17.6 Å². The number of carboxylic acid groups (broad SMARTS) is 4. The third kappa shape index (κ3) is 26.7. The summed E-state index contributed by atoms with van der Waals surface area (Å²) in [7, 11) is -16.2. The number of benzene rings is 2. The van der Waals surface area contributed by atoms with Gasteiger partial charge in [0.2, 0.25) is 11.8 Å². The van der Waals surface area contributed by atoms with Crippen LogP contribution in [0.25, 0.3) is 21.5 Å². The lowest BCUT2D eigenvalue weighted by Crippen LogP contribution is -2.43. The molecule has 3 heterocycles. The number of carboxylic acids is 4. The lowest BCUT2D eigenvalue weighted by atomic mass is 9.97. The summed E-state index contributed by atoms with van der Waals surface area (Å²) >= 11 is 0. The Morgan fingerprint density at radius 2 is 1.47 bits per heavy atom. The maximum atomic E-state index is 13.6. The highest BCUT2D eigenvalue weighted by atomic mass is 31.3. The first-order chi connectivity index (χ1) is 47.3. The van der Waals surface area contributed by atoms with Crippen LogP contribution in [0.15, 0.2) is 60.1 Å². The van der Waals surface area contributed by atoms with Crippen LogP contribution in [0.5, 0.6) is 5.75 Å². The molecule has 6 amide bonds. The van der Waals surface area contributed by atoms with Gasteiger partial charge in [-0.25, -0.2) is 33.3 Å².